The average molecular weight is 369 g/mol. The lowest BCUT2D eigenvalue weighted by Gasteiger charge is -2.31. The van der Waals surface area contributed by atoms with Gasteiger partial charge in [0.1, 0.15) is 11.4 Å². The van der Waals surface area contributed by atoms with E-state index in [1.165, 1.54) is 31.4 Å². The van der Waals surface area contributed by atoms with Crippen molar-refractivity contribution in [2.45, 2.75) is 26.3 Å². The van der Waals surface area contributed by atoms with Gasteiger partial charge >= 0.3 is 5.97 Å². The zero-order valence-electron chi connectivity index (χ0n) is 16.2. The van der Waals surface area contributed by atoms with Crippen molar-refractivity contribution in [1.29, 1.82) is 5.53 Å². The van der Waals surface area contributed by atoms with E-state index in [-0.39, 0.29) is 5.57 Å². The van der Waals surface area contributed by atoms with Crippen LogP contribution in [0.4, 0.5) is 10.1 Å². The normalized spacial score (nSPS) is 14.0. The lowest BCUT2D eigenvalue weighted by Crippen LogP contribution is -2.32. The molecule has 0 bridgehead atoms. The van der Waals surface area contributed by atoms with Crippen molar-refractivity contribution < 1.29 is 13.9 Å². The summed E-state index contributed by atoms with van der Waals surface area (Å²) < 4.78 is 18.3. The molecule has 0 spiro atoms. The van der Waals surface area contributed by atoms with Gasteiger partial charge in [-0.3, -0.25) is 0 Å². The number of nitrogens with one attached hydrogen (secondary N) is 1. The van der Waals surface area contributed by atoms with Gasteiger partial charge in [0.25, 0.3) is 0 Å². The molecular formula is C21H24FN3O2. The molecule has 0 amide bonds. The molecule has 2 aromatic carbocycles. The second-order valence-electron chi connectivity index (χ2n) is 6.54. The van der Waals surface area contributed by atoms with Crippen molar-refractivity contribution in [2.75, 3.05) is 19.1 Å². The number of allylic oxidation sites excluding steroid dienone is 1. The fourth-order valence-electron chi connectivity index (χ4n) is 2.97. The molecule has 0 aliphatic heterocycles. The van der Waals surface area contributed by atoms with Crippen molar-refractivity contribution in [2.24, 2.45) is 5.11 Å². The summed E-state index contributed by atoms with van der Waals surface area (Å²) in [6.07, 6.45) is 0. The Bertz CT molecular complexity index is 860. The number of aryl methyl sites for hydroxylation is 1. The number of ether oxygens (including phenoxy) is 1. The van der Waals surface area contributed by atoms with Crippen LogP contribution in [0, 0.1) is 18.3 Å². The van der Waals surface area contributed by atoms with Crippen molar-refractivity contribution in [1.82, 2.24) is 0 Å². The number of esters is 1. The van der Waals surface area contributed by atoms with Crippen LogP contribution < -0.4 is 4.90 Å². The van der Waals surface area contributed by atoms with Crippen molar-refractivity contribution in [3.05, 3.63) is 76.7 Å². The molecule has 6 heteroatoms. The summed E-state index contributed by atoms with van der Waals surface area (Å²) in [5, 5.41) is 3.74. The fraction of sp³-hybridized carbons (Fsp3) is 0.286. The number of methoxy groups -OCH3 is 1. The third-order valence-electron chi connectivity index (χ3n) is 4.79. The Balaban J connectivity index is 2.65. The molecule has 5 nitrogen and oxygen atoms in total. The Labute approximate surface area is 159 Å². The van der Waals surface area contributed by atoms with E-state index >= 15 is 0 Å². The number of anilines is 1. The van der Waals surface area contributed by atoms with Crippen LogP contribution in [0.5, 0.6) is 0 Å². The molecule has 2 aromatic rings. The van der Waals surface area contributed by atoms with Gasteiger partial charge in [0.15, 0.2) is 0 Å². The third-order valence-corrected chi connectivity index (χ3v) is 4.79. The predicted octanol–water partition coefficient (Wildman–Crippen LogP) is 4.96. The monoisotopic (exact) mass is 369 g/mol. The Morgan fingerprint density at radius 2 is 1.70 bits per heavy atom. The topological polar surface area (TPSA) is 65.8 Å². The van der Waals surface area contributed by atoms with Gasteiger partial charge in [-0.15, -0.1) is 0 Å². The maximum absolute atomic E-state index is 13.4. The van der Waals surface area contributed by atoms with Gasteiger partial charge in [-0.1, -0.05) is 29.8 Å². The standard InChI is InChI=1S/C21H24FN3O2/c1-14-6-12-18(13-7-14)25(4)15(2)19(20(26)27-5)21(3,24-23)16-8-10-17(22)11-9-16/h6-13,23H,1-5H3/b19-15-,24-23?. The van der Waals surface area contributed by atoms with Crippen LogP contribution in [-0.2, 0) is 15.1 Å². The number of carbonyl (C=O) groups excluding carboxylic acids is 1. The van der Waals surface area contributed by atoms with Gasteiger partial charge in [-0.25, -0.2) is 14.7 Å². The lowest BCUT2D eigenvalue weighted by molar-refractivity contribution is -0.137. The van der Waals surface area contributed by atoms with Gasteiger partial charge in [-0.2, -0.15) is 5.11 Å². The number of carbonyl (C=O) groups is 1. The minimum absolute atomic E-state index is 0.217. The Morgan fingerprint density at radius 3 is 2.19 bits per heavy atom. The van der Waals surface area contributed by atoms with Crippen LogP contribution in [0.1, 0.15) is 25.0 Å². The molecule has 1 N–H and O–H groups in total. The molecule has 0 aliphatic rings. The highest BCUT2D eigenvalue weighted by Gasteiger charge is 2.39. The summed E-state index contributed by atoms with van der Waals surface area (Å²) in [5.41, 5.74) is 9.81. The SMILES string of the molecule is COC(=O)/C(=C(\C)N(C)c1ccc(C)cc1)C(C)(N=N)c1ccc(F)cc1. The molecule has 142 valence electrons. The smallest absolute Gasteiger partial charge is 0.338 e. The first-order valence-corrected chi connectivity index (χ1v) is 8.49. The molecule has 1 atom stereocenters. The molecule has 0 saturated carbocycles. The van der Waals surface area contributed by atoms with Crippen LogP contribution in [0.2, 0.25) is 0 Å². The van der Waals surface area contributed by atoms with Crippen LogP contribution >= 0.6 is 0 Å². The van der Waals surface area contributed by atoms with E-state index in [9.17, 15) is 9.18 Å². The Morgan fingerprint density at radius 1 is 1.15 bits per heavy atom. The maximum atomic E-state index is 13.4. The Kier molecular flexibility index (Phi) is 6.10. The number of hydrogen-bond donors (Lipinski definition) is 1. The van der Waals surface area contributed by atoms with Crippen molar-refractivity contribution in [3.63, 3.8) is 0 Å². The molecule has 27 heavy (non-hydrogen) atoms. The average Bonchev–Trinajstić information content (AvgIpc) is 2.68. The molecule has 0 radical (unpaired) electrons. The highest BCUT2D eigenvalue weighted by molar-refractivity contribution is 5.93. The second kappa shape index (κ2) is 8.12. The molecule has 0 aliphatic carbocycles. The van der Waals surface area contributed by atoms with Crippen LogP contribution in [0.25, 0.3) is 0 Å². The summed E-state index contributed by atoms with van der Waals surface area (Å²) in [6, 6.07) is 13.5. The number of halogens is 1. The molecule has 0 fully saturated rings. The van der Waals surface area contributed by atoms with E-state index in [1.807, 2.05) is 43.1 Å². The van der Waals surface area contributed by atoms with Crippen LogP contribution in [-0.4, -0.2) is 20.1 Å². The van der Waals surface area contributed by atoms with E-state index in [1.54, 1.807) is 13.8 Å². The zero-order valence-corrected chi connectivity index (χ0v) is 16.2. The molecule has 1 unspecified atom stereocenters. The summed E-state index contributed by atoms with van der Waals surface area (Å²) >= 11 is 0. The quantitative estimate of drug-likeness (QED) is 0.444. The molecule has 2 rings (SSSR count). The maximum Gasteiger partial charge on any atom is 0.338 e. The highest BCUT2D eigenvalue weighted by atomic mass is 19.1. The number of benzene rings is 2. The van der Waals surface area contributed by atoms with Gasteiger partial charge in [-0.05, 0) is 50.6 Å². The van der Waals surface area contributed by atoms with E-state index < -0.39 is 17.3 Å². The van der Waals surface area contributed by atoms with Crippen LogP contribution in [0.3, 0.4) is 0 Å². The molecule has 0 heterocycles. The predicted molar refractivity (Wildman–Crippen MR) is 103 cm³/mol. The van der Waals surface area contributed by atoms with Gasteiger partial charge in [0, 0.05) is 18.4 Å². The Hall–Kier alpha value is -3.02. The third kappa shape index (κ3) is 4.05. The van der Waals surface area contributed by atoms with Crippen LogP contribution in [0.15, 0.2) is 64.9 Å². The molecule has 0 aromatic heterocycles. The van der Waals surface area contributed by atoms with E-state index in [2.05, 4.69) is 5.11 Å². The van der Waals surface area contributed by atoms with Gasteiger partial charge in [0.2, 0.25) is 0 Å². The number of hydrogen-bond acceptors (Lipinski definition) is 5. The summed E-state index contributed by atoms with van der Waals surface area (Å²) in [4.78, 5) is 14.5. The number of rotatable bonds is 6. The van der Waals surface area contributed by atoms with E-state index in [4.69, 9.17) is 10.3 Å². The molecule has 0 saturated heterocycles. The van der Waals surface area contributed by atoms with Gasteiger partial charge in [0.05, 0.1) is 12.7 Å². The lowest BCUT2D eigenvalue weighted by atomic mass is 9.83. The van der Waals surface area contributed by atoms with Crippen molar-refractivity contribution in [3.8, 4) is 0 Å². The van der Waals surface area contributed by atoms with Gasteiger partial charge < -0.3 is 9.64 Å². The first kappa shape index (κ1) is 20.3. The minimum Gasteiger partial charge on any atom is -0.466 e. The van der Waals surface area contributed by atoms with E-state index in [0.29, 0.717) is 11.3 Å². The minimum atomic E-state index is -1.32. The fourth-order valence-corrected chi connectivity index (χ4v) is 2.97. The van der Waals surface area contributed by atoms with Crippen molar-refractivity contribution >= 4 is 11.7 Å². The second-order valence-corrected chi connectivity index (χ2v) is 6.54. The highest BCUT2D eigenvalue weighted by Crippen LogP contribution is 2.37. The van der Waals surface area contributed by atoms with E-state index in [0.717, 1.165) is 11.3 Å². The number of nitrogens with zero attached hydrogens (tertiary/aromatic N) is 2. The largest absolute Gasteiger partial charge is 0.466 e. The summed E-state index contributed by atoms with van der Waals surface area (Å²) in [5.74, 6) is -0.988. The summed E-state index contributed by atoms with van der Waals surface area (Å²) in [7, 11) is 3.12. The first-order valence-electron chi connectivity index (χ1n) is 8.49. The summed E-state index contributed by atoms with van der Waals surface area (Å²) in [6.45, 7) is 5.42. The molecular weight excluding hydrogens is 345 g/mol. The zero-order chi connectivity index (χ0) is 20.2. The first-order chi connectivity index (χ1) is 12.7.